The van der Waals surface area contributed by atoms with E-state index in [1.807, 2.05) is 6.07 Å². The number of amides is 2. The Morgan fingerprint density at radius 1 is 0.838 bits per heavy atom. The van der Waals surface area contributed by atoms with Gasteiger partial charge in [-0.3, -0.25) is 0 Å². The fourth-order valence-corrected chi connectivity index (χ4v) is 4.48. The summed E-state index contributed by atoms with van der Waals surface area (Å²) in [6.45, 7) is 4.28. The summed E-state index contributed by atoms with van der Waals surface area (Å²) in [5, 5.41) is 9.78. The van der Waals surface area contributed by atoms with Gasteiger partial charge in [-0.05, 0) is 56.2 Å². The third kappa shape index (κ3) is 7.32. The molecule has 0 bridgehead atoms. The van der Waals surface area contributed by atoms with Gasteiger partial charge in [0.15, 0.2) is 0 Å². The van der Waals surface area contributed by atoms with Crippen LogP contribution in [0.1, 0.15) is 37.5 Å². The Balaban J connectivity index is 2.07. The molecule has 0 atom stereocenters. The molecule has 192 valence electrons. The normalized spacial score (nSPS) is 11.2. The number of sulfonamides is 1. The number of carbonyl (C=O) groups excluding carboxylic acids is 2. The predicted octanol–water partition coefficient (Wildman–Crippen LogP) is 5.24. The van der Waals surface area contributed by atoms with Crippen LogP contribution in [0.25, 0.3) is 0 Å². The molecule has 0 radical (unpaired) electrons. The molecule has 3 aromatic carbocycles. The fraction of sp³-hybridized carbons (Fsp3) is 0.222. The molecule has 2 amide bonds. The lowest BCUT2D eigenvalue weighted by Crippen LogP contribution is -2.53. The molecule has 0 aromatic heterocycles. The van der Waals surface area contributed by atoms with Crippen molar-refractivity contribution < 1.29 is 27.5 Å². The Hall–Kier alpha value is -4.36. The molecule has 0 saturated heterocycles. The van der Waals surface area contributed by atoms with Gasteiger partial charge in [-0.2, -0.15) is 18.7 Å². The second-order valence-electron chi connectivity index (χ2n) is 8.95. The first-order valence-electron chi connectivity index (χ1n) is 11.3. The highest BCUT2D eigenvalue weighted by Crippen LogP contribution is 2.24. The van der Waals surface area contributed by atoms with Crippen molar-refractivity contribution in [3.63, 3.8) is 0 Å². The van der Waals surface area contributed by atoms with Crippen molar-refractivity contribution in [1.82, 2.24) is 9.42 Å². The van der Waals surface area contributed by atoms with Crippen LogP contribution in [-0.4, -0.2) is 35.6 Å². The number of hydrazine groups is 1. The molecule has 9 nitrogen and oxygen atoms in total. The smallest absolute Gasteiger partial charge is 0.443 e. The van der Waals surface area contributed by atoms with Crippen LogP contribution < -0.4 is 0 Å². The first-order valence-corrected chi connectivity index (χ1v) is 12.8. The van der Waals surface area contributed by atoms with Crippen molar-refractivity contribution >= 4 is 22.2 Å². The lowest BCUT2D eigenvalue weighted by Gasteiger charge is -2.34. The Morgan fingerprint density at radius 2 is 1.38 bits per heavy atom. The Morgan fingerprint density at radius 3 is 1.89 bits per heavy atom. The maximum Gasteiger partial charge on any atom is 0.444 e. The molecule has 3 rings (SSSR count). The summed E-state index contributed by atoms with van der Waals surface area (Å²) < 4.78 is 38.6. The van der Waals surface area contributed by atoms with E-state index in [1.54, 1.807) is 81.4 Å². The van der Waals surface area contributed by atoms with E-state index in [4.69, 9.17) is 14.7 Å². The zero-order valence-corrected chi connectivity index (χ0v) is 21.5. The number of hydrogen-bond donors (Lipinski definition) is 0. The van der Waals surface area contributed by atoms with Gasteiger partial charge < -0.3 is 9.47 Å². The van der Waals surface area contributed by atoms with Gasteiger partial charge in [0.2, 0.25) is 0 Å². The summed E-state index contributed by atoms with van der Waals surface area (Å²) in [6.07, 6.45) is -2.36. The standard InChI is InChI=1S/C27H27N3O6S/c1-27(2,3)36-26(32)30(37(33,34)24-16-14-21(18-28)15-17-24)29(19-22-10-6-4-7-11-22)25(31)35-20-23-12-8-5-9-13-23/h4-17H,19-20H2,1-3H3. The summed E-state index contributed by atoms with van der Waals surface area (Å²) in [5.74, 6) is 0. The second-order valence-corrected chi connectivity index (χ2v) is 10.7. The molecule has 0 fully saturated rings. The van der Waals surface area contributed by atoms with Gasteiger partial charge in [-0.15, -0.1) is 0 Å². The van der Waals surface area contributed by atoms with Gasteiger partial charge in [0.05, 0.1) is 23.1 Å². The summed E-state index contributed by atoms with van der Waals surface area (Å²) >= 11 is 0. The molecule has 0 spiro atoms. The van der Waals surface area contributed by atoms with E-state index < -0.39 is 27.8 Å². The third-order valence-corrected chi connectivity index (χ3v) is 6.54. The minimum absolute atomic E-state index is 0.149. The maximum absolute atomic E-state index is 13.8. The molecular weight excluding hydrogens is 494 g/mol. The summed E-state index contributed by atoms with van der Waals surface area (Å²) in [4.78, 5) is 26.4. The summed E-state index contributed by atoms with van der Waals surface area (Å²) in [5.41, 5.74) is 0.380. The van der Waals surface area contributed by atoms with Gasteiger partial charge in [0, 0.05) is 0 Å². The van der Waals surface area contributed by atoms with Crippen LogP contribution in [0.5, 0.6) is 0 Å². The number of hydrogen-bond acceptors (Lipinski definition) is 7. The molecule has 0 aliphatic carbocycles. The maximum atomic E-state index is 13.8. The second kappa shape index (κ2) is 11.6. The highest BCUT2D eigenvalue weighted by atomic mass is 32.2. The van der Waals surface area contributed by atoms with Crippen molar-refractivity contribution in [2.75, 3.05) is 0 Å². The first kappa shape index (κ1) is 27.2. The number of carbonyl (C=O) groups is 2. The molecule has 0 N–H and O–H groups in total. The monoisotopic (exact) mass is 521 g/mol. The molecular formula is C27H27N3O6S. The lowest BCUT2D eigenvalue weighted by molar-refractivity contribution is -0.0146. The average molecular weight is 522 g/mol. The van der Waals surface area contributed by atoms with Crippen LogP contribution >= 0.6 is 0 Å². The zero-order chi connectivity index (χ0) is 27.1. The minimum atomic E-state index is -4.67. The van der Waals surface area contributed by atoms with Gasteiger partial charge in [-0.1, -0.05) is 65.1 Å². The molecule has 10 heteroatoms. The SMILES string of the molecule is CC(C)(C)OC(=O)N(N(Cc1ccccc1)C(=O)OCc1ccccc1)S(=O)(=O)c1ccc(C#N)cc1. The minimum Gasteiger partial charge on any atom is -0.443 e. The van der Waals surface area contributed by atoms with E-state index in [2.05, 4.69) is 0 Å². The summed E-state index contributed by atoms with van der Waals surface area (Å²) in [7, 11) is -4.67. The van der Waals surface area contributed by atoms with Crippen molar-refractivity contribution in [1.29, 1.82) is 5.26 Å². The number of nitriles is 1. The lowest BCUT2D eigenvalue weighted by atomic mass is 10.2. The summed E-state index contributed by atoms with van der Waals surface area (Å²) in [6, 6.07) is 24.3. The molecule has 0 aliphatic heterocycles. The highest BCUT2D eigenvalue weighted by molar-refractivity contribution is 7.89. The largest absolute Gasteiger partial charge is 0.444 e. The van der Waals surface area contributed by atoms with Crippen molar-refractivity contribution in [2.24, 2.45) is 0 Å². The van der Waals surface area contributed by atoms with Crippen LogP contribution in [0.4, 0.5) is 9.59 Å². The third-order valence-electron chi connectivity index (χ3n) is 4.87. The van der Waals surface area contributed by atoms with E-state index in [0.717, 1.165) is 0 Å². The van der Waals surface area contributed by atoms with Gasteiger partial charge in [-0.25, -0.2) is 9.59 Å². The van der Waals surface area contributed by atoms with E-state index in [0.29, 0.717) is 16.1 Å². The van der Waals surface area contributed by atoms with Gasteiger partial charge >= 0.3 is 12.2 Å². The Labute approximate surface area is 216 Å². The Kier molecular flexibility index (Phi) is 8.52. The van der Waals surface area contributed by atoms with Crippen molar-refractivity contribution in [3.05, 3.63) is 102 Å². The van der Waals surface area contributed by atoms with Crippen LogP contribution in [0.3, 0.4) is 0 Å². The fourth-order valence-electron chi connectivity index (χ4n) is 3.18. The number of ether oxygens (including phenoxy) is 2. The molecule has 0 unspecified atom stereocenters. The van der Waals surface area contributed by atoms with E-state index >= 15 is 0 Å². The quantitative estimate of drug-likeness (QED) is 0.407. The zero-order valence-electron chi connectivity index (χ0n) is 20.7. The van der Waals surface area contributed by atoms with E-state index in [9.17, 15) is 18.0 Å². The number of rotatable bonds is 6. The van der Waals surface area contributed by atoms with Gasteiger partial charge in [0.25, 0.3) is 10.0 Å². The topological polar surface area (TPSA) is 117 Å². The van der Waals surface area contributed by atoms with Gasteiger partial charge in [0.1, 0.15) is 12.2 Å². The van der Waals surface area contributed by atoms with E-state index in [1.165, 1.54) is 24.3 Å². The highest BCUT2D eigenvalue weighted by Gasteiger charge is 2.41. The van der Waals surface area contributed by atoms with Crippen LogP contribution in [0, 0.1) is 11.3 Å². The first-order chi connectivity index (χ1) is 17.5. The molecule has 0 heterocycles. The molecule has 3 aromatic rings. The molecule has 0 aliphatic rings. The molecule has 0 saturated carbocycles. The van der Waals surface area contributed by atoms with E-state index in [-0.39, 0.29) is 28.0 Å². The number of nitrogens with zero attached hydrogens (tertiary/aromatic N) is 3. The average Bonchev–Trinajstić information content (AvgIpc) is 2.87. The molecule has 37 heavy (non-hydrogen) atoms. The van der Waals surface area contributed by atoms with Crippen molar-refractivity contribution in [3.8, 4) is 6.07 Å². The van der Waals surface area contributed by atoms with Crippen LogP contribution in [0.15, 0.2) is 89.8 Å². The van der Waals surface area contributed by atoms with Crippen molar-refractivity contribution in [2.45, 2.75) is 44.4 Å². The predicted molar refractivity (Wildman–Crippen MR) is 135 cm³/mol. The number of benzene rings is 3. The van der Waals surface area contributed by atoms with Crippen LogP contribution in [0.2, 0.25) is 0 Å². The van der Waals surface area contributed by atoms with Crippen LogP contribution in [-0.2, 0) is 32.6 Å². The Bertz CT molecular complexity index is 1360.